The summed E-state index contributed by atoms with van der Waals surface area (Å²) in [4.78, 5) is 6.30. The van der Waals surface area contributed by atoms with E-state index in [9.17, 15) is 8.42 Å². The van der Waals surface area contributed by atoms with Crippen molar-refractivity contribution >= 4 is 27.0 Å². The number of sulfonamides is 1. The van der Waals surface area contributed by atoms with Gasteiger partial charge in [-0.2, -0.15) is 0 Å². The third kappa shape index (κ3) is 5.18. The summed E-state index contributed by atoms with van der Waals surface area (Å²) in [5, 5.41) is 2.06. The van der Waals surface area contributed by atoms with Gasteiger partial charge in [-0.15, -0.1) is 11.3 Å². The number of rotatable bonds is 7. The first-order valence-corrected chi connectivity index (χ1v) is 13.0. The second-order valence-corrected chi connectivity index (χ2v) is 10.7. The zero-order valence-electron chi connectivity index (χ0n) is 17.9. The van der Waals surface area contributed by atoms with E-state index in [1.165, 1.54) is 10.6 Å². The van der Waals surface area contributed by atoms with E-state index in [-0.39, 0.29) is 12.1 Å². The van der Waals surface area contributed by atoms with Crippen LogP contribution in [-0.2, 0) is 10.0 Å². The molecule has 2 atom stereocenters. The lowest BCUT2D eigenvalue weighted by atomic mass is 10.1. The molecule has 0 spiro atoms. The van der Waals surface area contributed by atoms with Gasteiger partial charge in [0.2, 0.25) is 10.0 Å². The predicted octanol–water partition coefficient (Wildman–Crippen LogP) is 4.29. The number of para-hydroxylation sites is 1. The number of nitrogens with one attached hydrogen (secondary N) is 1. The van der Waals surface area contributed by atoms with Gasteiger partial charge < -0.3 is 4.90 Å². The lowest BCUT2D eigenvalue weighted by Gasteiger charge is -2.42. The maximum absolute atomic E-state index is 13.0. The van der Waals surface area contributed by atoms with Gasteiger partial charge in [-0.25, -0.2) is 13.1 Å². The molecule has 31 heavy (non-hydrogen) atoms. The second kappa shape index (κ2) is 9.53. The van der Waals surface area contributed by atoms with Crippen LogP contribution in [0.2, 0.25) is 0 Å². The normalized spacial score (nSPS) is 17.4. The first kappa shape index (κ1) is 22.0. The third-order valence-electron chi connectivity index (χ3n) is 5.81. The largest absolute Gasteiger partial charge is 0.369 e. The van der Waals surface area contributed by atoms with E-state index in [2.05, 4.69) is 50.2 Å². The zero-order valence-corrected chi connectivity index (χ0v) is 19.6. The van der Waals surface area contributed by atoms with Crippen LogP contribution >= 0.6 is 11.3 Å². The van der Waals surface area contributed by atoms with Crippen LogP contribution in [0.1, 0.15) is 23.4 Å². The maximum Gasteiger partial charge on any atom is 0.240 e. The third-order valence-corrected chi connectivity index (χ3v) is 8.33. The Morgan fingerprint density at radius 1 is 0.903 bits per heavy atom. The van der Waals surface area contributed by atoms with Crippen molar-refractivity contribution in [1.29, 1.82) is 0 Å². The molecule has 1 saturated heterocycles. The highest BCUT2D eigenvalue weighted by molar-refractivity contribution is 7.89. The highest BCUT2D eigenvalue weighted by atomic mass is 32.2. The molecule has 0 bridgehead atoms. The van der Waals surface area contributed by atoms with Gasteiger partial charge in [-0.3, -0.25) is 4.90 Å². The van der Waals surface area contributed by atoms with Gasteiger partial charge >= 0.3 is 0 Å². The van der Waals surface area contributed by atoms with Gasteiger partial charge in [0.1, 0.15) is 0 Å². The summed E-state index contributed by atoms with van der Waals surface area (Å²) in [6, 6.07) is 21.3. The van der Waals surface area contributed by atoms with Crippen LogP contribution < -0.4 is 9.62 Å². The van der Waals surface area contributed by atoms with Gasteiger partial charge in [-0.05, 0) is 49.6 Å². The van der Waals surface area contributed by atoms with Crippen LogP contribution in [0, 0.1) is 6.92 Å². The Morgan fingerprint density at radius 3 is 2.19 bits per heavy atom. The first-order valence-electron chi connectivity index (χ1n) is 10.6. The predicted molar refractivity (Wildman–Crippen MR) is 128 cm³/mol. The summed E-state index contributed by atoms with van der Waals surface area (Å²) in [5.41, 5.74) is 2.28. The van der Waals surface area contributed by atoms with E-state index < -0.39 is 10.0 Å². The lowest BCUT2D eigenvalue weighted by molar-refractivity contribution is 0.164. The average Bonchev–Trinajstić information content (AvgIpc) is 3.29. The second-order valence-electron chi connectivity index (χ2n) is 8.04. The van der Waals surface area contributed by atoms with Gasteiger partial charge in [0.05, 0.1) is 10.9 Å². The maximum atomic E-state index is 13.0. The lowest BCUT2D eigenvalue weighted by Crippen LogP contribution is -2.52. The number of nitrogens with zero attached hydrogens (tertiary/aromatic N) is 2. The summed E-state index contributed by atoms with van der Waals surface area (Å²) < 4.78 is 29.0. The Kier molecular flexibility index (Phi) is 6.77. The molecule has 0 saturated carbocycles. The first-order chi connectivity index (χ1) is 14.9. The highest BCUT2D eigenvalue weighted by Gasteiger charge is 2.32. The molecule has 0 aliphatic carbocycles. The van der Waals surface area contributed by atoms with E-state index in [0.717, 1.165) is 31.7 Å². The molecule has 1 aliphatic heterocycles. The number of hydrogen-bond donors (Lipinski definition) is 1. The fourth-order valence-corrected chi connectivity index (χ4v) is 6.41. The molecule has 1 N–H and O–H groups in total. The molecule has 164 valence electrons. The van der Waals surface area contributed by atoms with Crippen molar-refractivity contribution in [2.24, 2.45) is 0 Å². The van der Waals surface area contributed by atoms with Crippen molar-refractivity contribution in [3.05, 3.63) is 82.6 Å². The molecule has 1 aliphatic rings. The molecule has 1 aromatic heterocycles. The Bertz CT molecular complexity index is 1060. The van der Waals surface area contributed by atoms with Crippen molar-refractivity contribution in [3.8, 4) is 0 Å². The quantitative estimate of drug-likeness (QED) is 0.578. The molecule has 0 radical (unpaired) electrons. The van der Waals surface area contributed by atoms with Gasteiger partial charge in [0, 0.05) is 42.8 Å². The Balaban J connectivity index is 1.50. The monoisotopic (exact) mass is 455 g/mol. The van der Waals surface area contributed by atoms with Crippen molar-refractivity contribution in [3.63, 3.8) is 0 Å². The molecule has 5 nitrogen and oxygen atoms in total. The van der Waals surface area contributed by atoms with Gasteiger partial charge in [0.25, 0.3) is 0 Å². The SMILES string of the molecule is Cc1ccc(S(=O)(=O)N[C@H](C)[C@@H](c2cccs2)N2CCN(c3ccccc3)CC2)cc1. The fraction of sp³-hybridized carbons (Fsp3) is 0.333. The Hall–Kier alpha value is -2.19. The number of anilines is 1. The van der Waals surface area contributed by atoms with Crippen LogP contribution in [0.25, 0.3) is 0 Å². The highest BCUT2D eigenvalue weighted by Crippen LogP contribution is 2.31. The van der Waals surface area contributed by atoms with Crippen LogP contribution in [0.4, 0.5) is 5.69 Å². The summed E-state index contributed by atoms with van der Waals surface area (Å²) in [6.07, 6.45) is 0. The minimum absolute atomic E-state index is 0.00172. The van der Waals surface area contributed by atoms with E-state index in [4.69, 9.17) is 0 Å². The summed E-state index contributed by atoms with van der Waals surface area (Å²) in [7, 11) is -3.59. The minimum atomic E-state index is -3.59. The van der Waals surface area contributed by atoms with Crippen molar-refractivity contribution < 1.29 is 8.42 Å². The number of hydrogen-bond acceptors (Lipinski definition) is 5. The van der Waals surface area contributed by atoms with Crippen LogP contribution in [-0.4, -0.2) is 45.5 Å². The molecule has 0 amide bonds. The molecule has 2 aromatic carbocycles. The molecule has 4 rings (SSSR count). The van der Waals surface area contributed by atoms with Gasteiger partial charge in [-0.1, -0.05) is 42.0 Å². The van der Waals surface area contributed by atoms with Crippen LogP contribution in [0.3, 0.4) is 0 Å². The average molecular weight is 456 g/mol. The Labute approximate surface area is 189 Å². The topological polar surface area (TPSA) is 52.7 Å². The summed E-state index contributed by atoms with van der Waals surface area (Å²) in [5.74, 6) is 0. The molecule has 2 heterocycles. The molecule has 7 heteroatoms. The molecular weight excluding hydrogens is 426 g/mol. The van der Waals surface area contributed by atoms with Crippen LogP contribution in [0.5, 0.6) is 0 Å². The molecule has 3 aromatic rings. The van der Waals surface area contributed by atoms with Crippen LogP contribution in [0.15, 0.2) is 77.0 Å². The number of thiophene rings is 1. The smallest absolute Gasteiger partial charge is 0.240 e. The van der Waals surface area contributed by atoms with E-state index in [1.54, 1.807) is 23.5 Å². The number of piperazine rings is 1. The van der Waals surface area contributed by atoms with E-state index in [0.29, 0.717) is 4.90 Å². The zero-order chi connectivity index (χ0) is 21.8. The molecule has 1 fully saturated rings. The molecule has 0 unspecified atom stereocenters. The number of benzene rings is 2. The van der Waals surface area contributed by atoms with Crippen molar-refractivity contribution in [2.75, 3.05) is 31.1 Å². The number of aryl methyl sites for hydroxylation is 1. The van der Waals surface area contributed by atoms with E-state index >= 15 is 0 Å². The minimum Gasteiger partial charge on any atom is -0.369 e. The summed E-state index contributed by atoms with van der Waals surface area (Å²) in [6.45, 7) is 7.53. The van der Waals surface area contributed by atoms with Crippen molar-refractivity contribution in [2.45, 2.75) is 30.8 Å². The van der Waals surface area contributed by atoms with Gasteiger partial charge in [0.15, 0.2) is 0 Å². The van der Waals surface area contributed by atoms with Crippen molar-refractivity contribution in [1.82, 2.24) is 9.62 Å². The Morgan fingerprint density at radius 2 is 1.58 bits per heavy atom. The molecular formula is C24H29N3O2S2. The summed E-state index contributed by atoms with van der Waals surface area (Å²) >= 11 is 1.68. The fourth-order valence-electron chi connectivity index (χ4n) is 4.19. The standard InChI is InChI=1S/C24H29N3O2S2/c1-19-10-12-22(13-11-19)31(28,29)25-20(2)24(23-9-6-18-30-23)27-16-14-26(15-17-27)21-7-4-3-5-8-21/h3-13,18,20,24-25H,14-17H2,1-2H3/t20-,24+/m1/s1. The van der Waals surface area contributed by atoms with E-state index in [1.807, 2.05) is 38.1 Å².